The van der Waals surface area contributed by atoms with E-state index in [4.69, 9.17) is 21.1 Å². The minimum Gasteiger partial charge on any atom is -0.503 e. The third-order valence-electron chi connectivity index (χ3n) is 9.42. The van der Waals surface area contributed by atoms with E-state index in [0.717, 1.165) is 24.4 Å². The molecule has 2 amide bonds. The first-order valence-electron chi connectivity index (χ1n) is 14.5. The number of phenols is 1. The maximum absolute atomic E-state index is 14.2. The van der Waals surface area contributed by atoms with Gasteiger partial charge >= 0.3 is 0 Å². The van der Waals surface area contributed by atoms with Crippen molar-refractivity contribution in [3.05, 3.63) is 80.3 Å². The van der Waals surface area contributed by atoms with Gasteiger partial charge in [0, 0.05) is 41.9 Å². The molecule has 2 aromatic rings. The van der Waals surface area contributed by atoms with Gasteiger partial charge in [-0.3, -0.25) is 24.1 Å². The molecule has 3 aliphatic carbocycles. The Labute approximate surface area is 266 Å². The third kappa shape index (κ3) is 4.45. The number of allylic oxidation sites excluding steroid dienone is 6. The van der Waals surface area contributed by atoms with Crippen molar-refractivity contribution in [2.24, 2.45) is 17.8 Å². The second-order valence-corrected chi connectivity index (χ2v) is 12.8. The predicted molar refractivity (Wildman–Crippen MR) is 166 cm³/mol. The largest absolute Gasteiger partial charge is 0.503 e. The molecule has 2 saturated heterocycles. The first-order chi connectivity index (χ1) is 21.2. The Morgan fingerprint density at radius 1 is 1.00 bits per heavy atom. The molecule has 0 unspecified atom stereocenters. The molecule has 0 radical (unpaired) electrons. The maximum atomic E-state index is 14.2. The Hall–Kier alpha value is -3.73. The van der Waals surface area contributed by atoms with E-state index >= 15 is 0 Å². The van der Waals surface area contributed by atoms with Crippen molar-refractivity contribution in [1.82, 2.24) is 0 Å². The van der Waals surface area contributed by atoms with Gasteiger partial charge in [-0.1, -0.05) is 23.3 Å². The standard InChI is InChI=1S/C33H28BrClN2O7/c1-43-26-13-16(12-24(35)31(26)40)27-19-6-7-20-28(21(19)14-22-29(27)25(38)15-23(34)30(22)39)33(42)37(32(20)41)18-4-2-17(3-5-18)36-8-10-44-11-9-36/h2-6,12-13,15,20-21,27-28,40H,7-11,14H2,1H3/t20-,21+,27-,28-/m0/s1. The van der Waals surface area contributed by atoms with Crippen LogP contribution in [0.15, 0.2) is 69.8 Å². The maximum Gasteiger partial charge on any atom is 0.238 e. The van der Waals surface area contributed by atoms with E-state index in [1.807, 2.05) is 18.2 Å². The molecule has 2 fully saturated rings. The van der Waals surface area contributed by atoms with E-state index in [1.54, 1.807) is 24.3 Å². The van der Waals surface area contributed by atoms with E-state index < -0.39 is 23.7 Å². The van der Waals surface area contributed by atoms with Gasteiger partial charge in [0.2, 0.25) is 11.8 Å². The zero-order valence-corrected chi connectivity index (χ0v) is 26.1. The summed E-state index contributed by atoms with van der Waals surface area (Å²) in [7, 11) is 1.40. The van der Waals surface area contributed by atoms with Crippen molar-refractivity contribution in [3.8, 4) is 11.5 Å². The summed E-state index contributed by atoms with van der Waals surface area (Å²) >= 11 is 9.63. The lowest BCUT2D eigenvalue weighted by molar-refractivity contribution is -0.123. The molecule has 5 aliphatic rings. The number of benzene rings is 2. The minimum atomic E-state index is -0.713. The summed E-state index contributed by atoms with van der Waals surface area (Å²) in [6.07, 6.45) is 3.67. The van der Waals surface area contributed by atoms with Gasteiger partial charge in [-0.25, -0.2) is 0 Å². The summed E-state index contributed by atoms with van der Waals surface area (Å²) < 4.78 is 10.9. The average molecular weight is 680 g/mol. The van der Waals surface area contributed by atoms with Crippen molar-refractivity contribution in [3.63, 3.8) is 0 Å². The van der Waals surface area contributed by atoms with Crippen LogP contribution in [-0.2, 0) is 23.9 Å². The number of nitrogens with zero attached hydrogens (tertiary/aromatic N) is 2. The highest BCUT2D eigenvalue weighted by atomic mass is 79.9. The van der Waals surface area contributed by atoms with Gasteiger partial charge in [0.25, 0.3) is 0 Å². The number of morpholine rings is 1. The van der Waals surface area contributed by atoms with Crippen LogP contribution in [0, 0.1) is 17.8 Å². The van der Waals surface area contributed by atoms with Crippen LogP contribution in [0.3, 0.4) is 0 Å². The highest BCUT2D eigenvalue weighted by molar-refractivity contribution is 9.12. The number of methoxy groups -OCH3 is 1. The molecular weight excluding hydrogens is 652 g/mol. The van der Waals surface area contributed by atoms with E-state index in [0.29, 0.717) is 42.0 Å². The number of rotatable bonds is 4. The summed E-state index contributed by atoms with van der Waals surface area (Å²) in [6, 6.07) is 10.6. The molecule has 2 heterocycles. The van der Waals surface area contributed by atoms with Crippen molar-refractivity contribution in [1.29, 1.82) is 0 Å². The SMILES string of the molecule is COc1cc([C@H]2C3=CC[C@@H]4C(=O)N(c5ccc(N6CCOCC6)cc5)C(=O)[C@@H]4[C@@H]3CC3=C2C(=O)C=C(Br)C3=O)cc(Cl)c1O. The first-order valence-corrected chi connectivity index (χ1v) is 15.6. The quantitative estimate of drug-likeness (QED) is 0.277. The van der Waals surface area contributed by atoms with Gasteiger partial charge in [-0.15, -0.1) is 0 Å². The number of anilines is 2. The van der Waals surface area contributed by atoms with Crippen LogP contribution in [0.2, 0.25) is 5.02 Å². The Balaban J connectivity index is 1.28. The van der Waals surface area contributed by atoms with Gasteiger partial charge in [-0.05, 0) is 76.7 Å². The number of ketones is 2. The summed E-state index contributed by atoms with van der Waals surface area (Å²) in [5.41, 5.74) is 3.46. The number of hydrogen-bond donors (Lipinski definition) is 1. The number of amides is 2. The molecule has 0 spiro atoms. The first kappa shape index (κ1) is 29.0. The minimum absolute atomic E-state index is 0.0306. The number of Topliss-reactive ketones (excluding diaryl/α,β-unsaturated/α-hetero) is 1. The van der Waals surface area contributed by atoms with Crippen molar-refractivity contribution in [2.45, 2.75) is 18.8 Å². The van der Waals surface area contributed by atoms with Crippen molar-refractivity contribution >= 4 is 62.3 Å². The Kier molecular flexibility index (Phi) is 7.26. The Bertz CT molecular complexity index is 1720. The lowest BCUT2D eigenvalue weighted by atomic mass is 9.59. The van der Waals surface area contributed by atoms with E-state index in [-0.39, 0.29) is 50.8 Å². The molecule has 226 valence electrons. The summed E-state index contributed by atoms with van der Waals surface area (Å²) in [6.45, 7) is 2.83. The average Bonchev–Trinajstić information content (AvgIpc) is 3.30. The second kappa shape index (κ2) is 11.0. The number of fused-ring (bicyclic) bond motifs is 3. The van der Waals surface area contributed by atoms with Crippen molar-refractivity contribution in [2.75, 3.05) is 43.2 Å². The fourth-order valence-electron chi connectivity index (χ4n) is 7.39. The Morgan fingerprint density at radius 2 is 1.70 bits per heavy atom. The third-order valence-corrected chi connectivity index (χ3v) is 10.3. The predicted octanol–water partition coefficient (Wildman–Crippen LogP) is 4.86. The molecule has 0 saturated carbocycles. The van der Waals surface area contributed by atoms with Crippen LogP contribution in [0.5, 0.6) is 11.5 Å². The molecule has 2 aromatic carbocycles. The van der Waals surface area contributed by atoms with Crippen LogP contribution in [-0.4, -0.2) is 61.9 Å². The fraction of sp³-hybridized carbons (Fsp3) is 0.333. The van der Waals surface area contributed by atoms with E-state index in [9.17, 15) is 24.3 Å². The molecule has 9 nitrogen and oxygen atoms in total. The van der Waals surface area contributed by atoms with E-state index in [2.05, 4.69) is 20.8 Å². The molecule has 0 aromatic heterocycles. The lowest BCUT2D eigenvalue weighted by Crippen LogP contribution is -2.39. The number of phenolic OH excluding ortho intramolecular Hbond substituents is 1. The number of carbonyl (C=O) groups excluding carboxylic acids is 4. The van der Waals surface area contributed by atoms with Crippen LogP contribution in [0.4, 0.5) is 11.4 Å². The van der Waals surface area contributed by atoms with Crippen LogP contribution >= 0.6 is 27.5 Å². The molecule has 11 heteroatoms. The normalized spacial score (nSPS) is 26.7. The molecule has 0 bridgehead atoms. The van der Waals surface area contributed by atoms with Crippen molar-refractivity contribution < 1.29 is 33.8 Å². The molecule has 7 rings (SSSR count). The van der Waals surface area contributed by atoms with Gasteiger partial charge < -0.3 is 19.5 Å². The van der Waals surface area contributed by atoms with Crippen LogP contribution in [0.1, 0.15) is 24.3 Å². The summed E-state index contributed by atoms with van der Waals surface area (Å²) in [5, 5.41) is 10.4. The van der Waals surface area contributed by atoms with Gasteiger partial charge in [0.1, 0.15) is 0 Å². The molecule has 1 N–H and O–H groups in total. The molecular formula is C33H28BrClN2O7. The number of halogens is 2. The van der Waals surface area contributed by atoms with Gasteiger partial charge in [0.15, 0.2) is 23.1 Å². The lowest BCUT2D eigenvalue weighted by Gasteiger charge is -2.42. The van der Waals surface area contributed by atoms with Gasteiger partial charge in [-0.2, -0.15) is 0 Å². The zero-order chi connectivity index (χ0) is 30.9. The van der Waals surface area contributed by atoms with Gasteiger partial charge in [0.05, 0.1) is 47.4 Å². The number of aromatic hydroxyl groups is 1. The number of imide groups is 1. The number of carbonyl (C=O) groups is 4. The summed E-state index contributed by atoms with van der Waals surface area (Å²) in [5.74, 6) is -3.87. The number of hydrogen-bond acceptors (Lipinski definition) is 8. The van der Waals surface area contributed by atoms with Crippen LogP contribution in [0.25, 0.3) is 0 Å². The highest BCUT2D eigenvalue weighted by Gasteiger charge is 2.56. The van der Waals surface area contributed by atoms with Crippen LogP contribution < -0.4 is 14.5 Å². The Morgan fingerprint density at radius 3 is 2.41 bits per heavy atom. The highest BCUT2D eigenvalue weighted by Crippen LogP contribution is 2.56. The fourth-order valence-corrected chi connectivity index (χ4v) is 8.06. The smallest absolute Gasteiger partial charge is 0.238 e. The second-order valence-electron chi connectivity index (χ2n) is 11.6. The molecule has 4 atom stereocenters. The van der Waals surface area contributed by atoms with E-state index in [1.165, 1.54) is 18.1 Å². The monoisotopic (exact) mass is 678 g/mol. The molecule has 44 heavy (non-hydrogen) atoms. The topological polar surface area (TPSA) is 113 Å². The number of ether oxygens (including phenoxy) is 2. The summed E-state index contributed by atoms with van der Waals surface area (Å²) in [4.78, 5) is 58.4. The molecule has 2 aliphatic heterocycles. The zero-order valence-electron chi connectivity index (χ0n) is 23.7.